The minimum Gasteiger partial charge on any atom is -0.497 e. The molecule has 0 bridgehead atoms. The van der Waals surface area contributed by atoms with Crippen LogP contribution in [0.5, 0.6) is 17.4 Å². The summed E-state index contributed by atoms with van der Waals surface area (Å²) in [6.45, 7) is 2.03. The fraction of sp³-hybridized carbons (Fsp3) is 0.148. The Morgan fingerprint density at radius 2 is 1.82 bits per heavy atom. The molecule has 1 aliphatic rings. The molecule has 0 saturated heterocycles. The van der Waals surface area contributed by atoms with Gasteiger partial charge in [0, 0.05) is 17.7 Å². The van der Waals surface area contributed by atoms with Gasteiger partial charge in [0.1, 0.15) is 16.5 Å². The molecule has 6 nitrogen and oxygen atoms in total. The number of carbonyl (C=O) groups excluding carboxylic acids is 1. The average molecular weight is 470 g/mol. The minimum atomic E-state index is -0.114. The Hall–Kier alpha value is -3.84. The third-order valence-electron chi connectivity index (χ3n) is 5.54. The number of anilines is 1. The summed E-state index contributed by atoms with van der Waals surface area (Å²) in [5.74, 6) is 2.81. The maximum Gasteiger partial charge on any atom is 0.234 e. The third kappa shape index (κ3) is 4.61. The van der Waals surface area contributed by atoms with Gasteiger partial charge in [0.2, 0.25) is 11.8 Å². The first-order chi connectivity index (χ1) is 16.6. The molecule has 4 aromatic rings. The Morgan fingerprint density at radius 3 is 2.59 bits per heavy atom. The maximum atomic E-state index is 12.7. The number of thioether (sulfide) groups is 1. The molecule has 0 aliphatic carbocycles. The van der Waals surface area contributed by atoms with Crippen molar-refractivity contribution in [2.75, 3.05) is 18.2 Å². The summed E-state index contributed by atoms with van der Waals surface area (Å²) < 4.78 is 11.4. The number of methoxy groups -OCH3 is 1. The zero-order valence-corrected chi connectivity index (χ0v) is 19.7. The van der Waals surface area contributed by atoms with Crippen LogP contribution in [0.15, 0.2) is 77.8 Å². The monoisotopic (exact) mass is 469 g/mol. The average Bonchev–Trinajstić information content (AvgIpc) is 2.87. The first-order valence-corrected chi connectivity index (χ1v) is 11.9. The Balaban J connectivity index is 1.42. The van der Waals surface area contributed by atoms with Gasteiger partial charge in [-0.2, -0.15) is 4.98 Å². The van der Waals surface area contributed by atoms with Crippen LogP contribution in [0.1, 0.15) is 16.7 Å². The zero-order valence-electron chi connectivity index (χ0n) is 18.9. The van der Waals surface area contributed by atoms with E-state index in [-0.39, 0.29) is 11.7 Å². The number of ether oxygens (including phenoxy) is 2. The van der Waals surface area contributed by atoms with Crippen LogP contribution < -0.4 is 14.8 Å². The van der Waals surface area contributed by atoms with Crippen molar-refractivity contribution < 1.29 is 14.3 Å². The van der Waals surface area contributed by atoms with Gasteiger partial charge in [-0.1, -0.05) is 60.3 Å². The van der Waals surface area contributed by atoms with Crippen molar-refractivity contribution in [3.05, 3.63) is 89.5 Å². The topological polar surface area (TPSA) is 73.3 Å². The van der Waals surface area contributed by atoms with Crippen LogP contribution in [0.4, 0.5) is 5.69 Å². The number of hydrogen-bond acceptors (Lipinski definition) is 6. The van der Waals surface area contributed by atoms with Gasteiger partial charge in [0.25, 0.3) is 0 Å². The molecule has 1 amide bonds. The lowest BCUT2D eigenvalue weighted by Gasteiger charge is -2.23. The highest BCUT2D eigenvalue weighted by atomic mass is 32.2. The van der Waals surface area contributed by atoms with Crippen LogP contribution >= 0.6 is 11.8 Å². The number of nitrogens with zero attached hydrogens (tertiary/aromatic N) is 2. The van der Waals surface area contributed by atoms with Crippen molar-refractivity contribution in [2.24, 2.45) is 0 Å². The molecule has 1 aromatic heterocycles. The molecule has 0 unspecified atom stereocenters. The second-order valence-corrected chi connectivity index (χ2v) is 8.87. The molecule has 0 spiro atoms. The van der Waals surface area contributed by atoms with E-state index < -0.39 is 0 Å². The highest BCUT2D eigenvalue weighted by Crippen LogP contribution is 2.41. The van der Waals surface area contributed by atoms with Crippen molar-refractivity contribution in [2.45, 2.75) is 18.4 Å². The molecule has 5 rings (SSSR count). The number of carbonyl (C=O) groups is 1. The maximum absolute atomic E-state index is 12.7. The summed E-state index contributed by atoms with van der Waals surface area (Å²) in [5, 5.41) is 3.67. The fourth-order valence-electron chi connectivity index (χ4n) is 3.81. The Labute approximate surface area is 202 Å². The lowest BCUT2D eigenvalue weighted by Crippen LogP contribution is -2.15. The predicted octanol–water partition coefficient (Wildman–Crippen LogP) is 5.89. The van der Waals surface area contributed by atoms with Gasteiger partial charge in [-0.05, 0) is 42.3 Å². The number of amides is 1. The predicted molar refractivity (Wildman–Crippen MR) is 134 cm³/mol. The van der Waals surface area contributed by atoms with E-state index in [4.69, 9.17) is 19.4 Å². The van der Waals surface area contributed by atoms with Crippen LogP contribution in [0.3, 0.4) is 0 Å². The van der Waals surface area contributed by atoms with E-state index in [0.717, 1.165) is 38.8 Å². The normalized spacial score (nSPS) is 11.7. The van der Waals surface area contributed by atoms with Gasteiger partial charge < -0.3 is 14.8 Å². The number of fused-ring (bicyclic) bond motifs is 2. The molecular weight excluding hydrogens is 446 g/mol. The molecular formula is C27H23N3O3S. The first kappa shape index (κ1) is 22.0. The largest absolute Gasteiger partial charge is 0.497 e. The van der Waals surface area contributed by atoms with Gasteiger partial charge in [-0.25, -0.2) is 4.98 Å². The molecule has 0 saturated carbocycles. The van der Waals surface area contributed by atoms with Crippen molar-refractivity contribution in [1.82, 2.24) is 9.97 Å². The molecule has 34 heavy (non-hydrogen) atoms. The van der Waals surface area contributed by atoms with Gasteiger partial charge in [0.15, 0.2) is 5.82 Å². The number of para-hydroxylation sites is 1. The summed E-state index contributed by atoms with van der Waals surface area (Å²) >= 11 is 1.39. The molecule has 2 heterocycles. The van der Waals surface area contributed by atoms with E-state index in [1.54, 1.807) is 7.11 Å². The molecule has 3 aromatic carbocycles. The van der Waals surface area contributed by atoms with E-state index in [9.17, 15) is 4.79 Å². The highest BCUT2D eigenvalue weighted by molar-refractivity contribution is 8.00. The van der Waals surface area contributed by atoms with Crippen LogP contribution in [-0.4, -0.2) is 28.7 Å². The lowest BCUT2D eigenvalue weighted by molar-refractivity contribution is -0.113. The lowest BCUT2D eigenvalue weighted by atomic mass is 10.0. The van der Waals surface area contributed by atoms with Crippen LogP contribution in [0, 0.1) is 6.92 Å². The van der Waals surface area contributed by atoms with Crippen molar-refractivity contribution in [3.63, 3.8) is 0 Å². The van der Waals surface area contributed by atoms with E-state index in [2.05, 4.69) is 11.4 Å². The molecule has 7 heteroatoms. The number of aryl methyl sites for hydroxylation is 1. The Kier molecular flexibility index (Phi) is 6.18. The molecule has 0 radical (unpaired) electrons. The molecule has 1 aliphatic heterocycles. The summed E-state index contributed by atoms with van der Waals surface area (Å²) in [6, 6.07) is 23.2. The van der Waals surface area contributed by atoms with Crippen molar-refractivity contribution in [3.8, 4) is 28.8 Å². The molecule has 0 fully saturated rings. The van der Waals surface area contributed by atoms with Crippen molar-refractivity contribution >= 4 is 23.4 Å². The summed E-state index contributed by atoms with van der Waals surface area (Å²) in [5.41, 5.74) is 4.67. The van der Waals surface area contributed by atoms with Crippen LogP contribution in [-0.2, 0) is 11.2 Å². The van der Waals surface area contributed by atoms with Crippen molar-refractivity contribution in [1.29, 1.82) is 0 Å². The van der Waals surface area contributed by atoms with E-state index >= 15 is 0 Å². The van der Waals surface area contributed by atoms with Gasteiger partial charge in [-0.15, -0.1) is 0 Å². The zero-order chi connectivity index (χ0) is 23.5. The Bertz CT molecular complexity index is 1340. The van der Waals surface area contributed by atoms with Gasteiger partial charge >= 0.3 is 0 Å². The summed E-state index contributed by atoms with van der Waals surface area (Å²) in [6.07, 6.45) is 0.657. The number of aromatic nitrogens is 2. The number of rotatable bonds is 6. The SMILES string of the molecule is COc1ccc(NC(=O)CSc2nc(-c3ccccc3)nc3c2Cc2cccc(C)c2O3)cc1. The van der Waals surface area contributed by atoms with Gasteiger partial charge in [0.05, 0.1) is 18.4 Å². The quantitative estimate of drug-likeness (QED) is 0.247. The fourth-order valence-corrected chi connectivity index (χ4v) is 4.63. The highest BCUT2D eigenvalue weighted by Gasteiger charge is 2.25. The van der Waals surface area contributed by atoms with Crippen LogP contribution in [0.25, 0.3) is 11.4 Å². The second-order valence-electron chi connectivity index (χ2n) is 7.91. The molecule has 1 N–H and O–H groups in total. The minimum absolute atomic E-state index is 0.114. The number of benzene rings is 3. The van der Waals surface area contributed by atoms with Gasteiger partial charge in [-0.3, -0.25) is 4.79 Å². The second kappa shape index (κ2) is 9.57. The number of hydrogen-bond donors (Lipinski definition) is 1. The van der Waals surface area contributed by atoms with Crippen LogP contribution in [0.2, 0.25) is 0 Å². The first-order valence-electron chi connectivity index (χ1n) is 10.9. The Morgan fingerprint density at radius 1 is 1.03 bits per heavy atom. The third-order valence-corrected chi connectivity index (χ3v) is 6.55. The summed E-state index contributed by atoms with van der Waals surface area (Å²) in [4.78, 5) is 22.2. The molecule has 170 valence electrons. The van der Waals surface area contributed by atoms with E-state index in [1.807, 2.05) is 73.7 Å². The van der Waals surface area contributed by atoms with E-state index in [1.165, 1.54) is 11.8 Å². The standard InChI is InChI=1S/C27H23N3O3S/c1-17-7-6-10-19-15-22-26(33-24(17)19)29-25(18-8-4-3-5-9-18)30-27(22)34-16-23(31)28-20-11-13-21(32-2)14-12-20/h3-14H,15-16H2,1-2H3,(H,28,31). The number of nitrogens with one attached hydrogen (secondary N) is 1. The molecule has 0 atom stereocenters. The summed E-state index contributed by atoms with van der Waals surface area (Å²) in [7, 11) is 1.61. The van der Waals surface area contributed by atoms with E-state index in [0.29, 0.717) is 23.8 Å². The smallest absolute Gasteiger partial charge is 0.234 e.